The second-order valence-electron chi connectivity index (χ2n) is 9.33. The van der Waals surface area contributed by atoms with Gasteiger partial charge in [0.05, 0.1) is 0 Å². The first-order valence-corrected chi connectivity index (χ1v) is 9.37. The summed E-state index contributed by atoms with van der Waals surface area (Å²) in [7, 11) is 2.12. The third-order valence-electron chi connectivity index (χ3n) is 4.63. The number of ether oxygens (including phenoxy) is 1. The molecule has 0 heterocycles. The van der Waals surface area contributed by atoms with Crippen LogP contribution in [0.25, 0.3) is 0 Å². The van der Waals surface area contributed by atoms with Crippen molar-refractivity contribution in [3.63, 3.8) is 0 Å². The average Bonchev–Trinajstić information content (AvgIpc) is 2.42. The quantitative estimate of drug-likeness (QED) is 0.737. The molecule has 0 aromatic heterocycles. The lowest BCUT2D eigenvalue weighted by molar-refractivity contribution is 0.0777. The molecule has 0 aliphatic carbocycles. The van der Waals surface area contributed by atoms with Crippen molar-refractivity contribution in [1.29, 1.82) is 0 Å². The minimum absolute atomic E-state index is 0.0344. The summed E-state index contributed by atoms with van der Waals surface area (Å²) in [6.07, 6.45) is 2.39. The smallest absolute Gasteiger partial charge is 0.145 e. The Morgan fingerprint density at radius 3 is 1.88 bits per heavy atom. The molecule has 0 saturated carbocycles. The highest BCUT2D eigenvalue weighted by atomic mass is 16.5. The molecule has 0 fully saturated rings. The first-order valence-electron chi connectivity index (χ1n) is 9.37. The zero-order valence-electron chi connectivity index (χ0n) is 17.3. The molecule has 0 spiro atoms. The van der Waals surface area contributed by atoms with Crippen LogP contribution in [-0.2, 0) is 15.6 Å². The predicted octanol–water partition coefficient (Wildman–Crippen LogP) is 5.07. The molecule has 2 atom stereocenters. The van der Waals surface area contributed by atoms with Gasteiger partial charge in [-0.05, 0) is 52.0 Å². The van der Waals surface area contributed by atoms with E-state index >= 15 is 0 Å². The SMILES string of the molecule is BC(OCC(C)CCC)c1cc(C(C)(C)C)c(O)c(C(C)(C)C)c1. The van der Waals surface area contributed by atoms with Crippen molar-refractivity contribution in [1.82, 2.24) is 0 Å². The van der Waals surface area contributed by atoms with E-state index in [2.05, 4.69) is 75.4 Å². The molecule has 3 heteroatoms. The van der Waals surface area contributed by atoms with E-state index in [0.29, 0.717) is 11.7 Å². The lowest BCUT2D eigenvalue weighted by Gasteiger charge is -2.29. The average molecular weight is 332 g/mol. The van der Waals surface area contributed by atoms with Crippen molar-refractivity contribution in [2.75, 3.05) is 6.61 Å². The lowest BCUT2D eigenvalue weighted by atomic mass is 9.76. The van der Waals surface area contributed by atoms with Gasteiger partial charge in [-0.3, -0.25) is 0 Å². The Balaban J connectivity index is 3.19. The Morgan fingerprint density at radius 1 is 1.04 bits per heavy atom. The van der Waals surface area contributed by atoms with Gasteiger partial charge in [-0.25, -0.2) is 0 Å². The van der Waals surface area contributed by atoms with Gasteiger partial charge in [-0.1, -0.05) is 61.8 Å². The van der Waals surface area contributed by atoms with Gasteiger partial charge in [0, 0.05) is 12.6 Å². The van der Waals surface area contributed by atoms with E-state index < -0.39 is 0 Å². The number of phenols is 1. The summed E-state index contributed by atoms with van der Waals surface area (Å²) >= 11 is 0. The molecule has 24 heavy (non-hydrogen) atoms. The molecule has 0 aliphatic heterocycles. The topological polar surface area (TPSA) is 29.5 Å². The fourth-order valence-corrected chi connectivity index (χ4v) is 3.02. The highest BCUT2D eigenvalue weighted by molar-refractivity contribution is 6.11. The maximum atomic E-state index is 10.8. The summed E-state index contributed by atoms with van der Waals surface area (Å²) in [5.74, 6) is 1.02. The molecule has 0 radical (unpaired) electrons. The van der Waals surface area contributed by atoms with E-state index in [4.69, 9.17) is 4.74 Å². The molecular formula is C21H37BO2. The molecule has 1 aromatic rings. The van der Waals surface area contributed by atoms with Gasteiger partial charge in [-0.15, -0.1) is 0 Å². The molecular weight excluding hydrogens is 295 g/mol. The van der Waals surface area contributed by atoms with E-state index in [1.54, 1.807) is 0 Å². The Labute approximate surface area is 150 Å². The van der Waals surface area contributed by atoms with Crippen molar-refractivity contribution in [2.24, 2.45) is 5.92 Å². The maximum absolute atomic E-state index is 10.8. The number of rotatable bonds is 6. The molecule has 0 aliphatic rings. The fourth-order valence-electron chi connectivity index (χ4n) is 3.02. The van der Waals surface area contributed by atoms with Crippen molar-refractivity contribution >= 4 is 7.85 Å². The van der Waals surface area contributed by atoms with Crippen LogP contribution in [0.3, 0.4) is 0 Å². The van der Waals surface area contributed by atoms with Crippen molar-refractivity contribution in [3.05, 3.63) is 28.8 Å². The zero-order chi connectivity index (χ0) is 18.7. The number of aromatic hydroxyl groups is 1. The van der Waals surface area contributed by atoms with E-state index in [1.807, 2.05) is 0 Å². The van der Waals surface area contributed by atoms with Gasteiger partial charge in [0.25, 0.3) is 0 Å². The standard InChI is InChI=1S/C21H37BO2/c1-9-10-14(2)13-24-19(22)15-11-16(20(3,4)5)18(23)17(12-15)21(6,7)8/h11-12,14,19,23H,9-10,13,22H2,1-8H3. The summed E-state index contributed by atoms with van der Waals surface area (Å²) < 4.78 is 6.14. The van der Waals surface area contributed by atoms with E-state index in [1.165, 1.54) is 12.8 Å². The molecule has 136 valence electrons. The molecule has 0 amide bonds. The van der Waals surface area contributed by atoms with Crippen LogP contribution in [-0.4, -0.2) is 19.6 Å². The third-order valence-corrected chi connectivity index (χ3v) is 4.63. The third kappa shape index (κ3) is 5.55. The maximum Gasteiger partial charge on any atom is 0.145 e. The summed E-state index contributed by atoms with van der Waals surface area (Å²) in [6.45, 7) is 18.1. The Kier molecular flexibility index (Phi) is 6.99. The normalized spacial score (nSPS) is 15.3. The van der Waals surface area contributed by atoms with Gasteiger partial charge in [0.2, 0.25) is 0 Å². The molecule has 2 nitrogen and oxygen atoms in total. The highest BCUT2D eigenvalue weighted by Crippen LogP contribution is 2.40. The second-order valence-corrected chi connectivity index (χ2v) is 9.33. The number of hydrogen-bond donors (Lipinski definition) is 1. The monoisotopic (exact) mass is 332 g/mol. The first kappa shape index (κ1) is 21.1. The largest absolute Gasteiger partial charge is 0.507 e. The van der Waals surface area contributed by atoms with Crippen LogP contribution in [0.15, 0.2) is 12.1 Å². The van der Waals surface area contributed by atoms with Crippen LogP contribution >= 0.6 is 0 Å². The van der Waals surface area contributed by atoms with Gasteiger partial charge in [-0.2, -0.15) is 0 Å². The predicted molar refractivity (Wildman–Crippen MR) is 107 cm³/mol. The lowest BCUT2D eigenvalue weighted by Crippen LogP contribution is -2.19. The Morgan fingerprint density at radius 2 is 1.50 bits per heavy atom. The fraction of sp³-hybridized carbons (Fsp3) is 0.714. The Bertz CT molecular complexity index is 503. The van der Waals surface area contributed by atoms with Crippen LogP contribution in [0.4, 0.5) is 0 Å². The molecule has 1 rings (SSSR count). The molecule has 0 bridgehead atoms. The minimum Gasteiger partial charge on any atom is -0.507 e. The minimum atomic E-state index is -0.102. The number of benzene rings is 1. The summed E-state index contributed by atoms with van der Waals surface area (Å²) in [5, 5.41) is 10.8. The molecule has 1 N–H and O–H groups in total. The van der Waals surface area contributed by atoms with E-state index in [-0.39, 0.29) is 16.8 Å². The van der Waals surface area contributed by atoms with Crippen LogP contribution in [0.1, 0.15) is 90.9 Å². The van der Waals surface area contributed by atoms with Gasteiger partial charge >= 0.3 is 0 Å². The van der Waals surface area contributed by atoms with E-state index in [9.17, 15) is 5.11 Å². The molecule has 2 unspecified atom stereocenters. The van der Waals surface area contributed by atoms with Crippen LogP contribution in [0, 0.1) is 5.92 Å². The van der Waals surface area contributed by atoms with Crippen LogP contribution in [0.2, 0.25) is 0 Å². The first-order chi connectivity index (χ1) is 10.9. The van der Waals surface area contributed by atoms with Crippen LogP contribution in [0.5, 0.6) is 5.75 Å². The number of hydrogen-bond acceptors (Lipinski definition) is 2. The van der Waals surface area contributed by atoms with Crippen molar-refractivity contribution in [3.8, 4) is 5.75 Å². The van der Waals surface area contributed by atoms with Crippen molar-refractivity contribution < 1.29 is 9.84 Å². The van der Waals surface area contributed by atoms with Gasteiger partial charge < -0.3 is 9.84 Å². The summed E-state index contributed by atoms with van der Waals surface area (Å²) in [4.78, 5) is 0. The highest BCUT2D eigenvalue weighted by Gasteiger charge is 2.27. The van der Waals surface area contributed by atoms with Gasteiger partial charge in [0.15, 0.2) is 0 Å². The summed E-state index contributed by atoms with van der Waals surface area (Å²) in [6, 6.07) is 4.28. The van der Waals surface area contributed by atoms with Crippen LogP contribution < -0.4 is 0 Å². The van der Waals surface area contributed by atoms with Crippen molar-refractivity contribution in [2.45, 2.75) is 85.1 Å². The number of phenolic OH excluding ortho intramolecular Hbond substituents is 1. The molecule has 1 aromatic carbocycles. The zero-order valence-corrected chi connectivity index (χ0v) is 17.3. The second kappa shape index (κ2) is 7.95. The molecule has 0 saturated heterocycles. The van der Waals surface area contributed by atoms with Gasteiger partial charge in [0.1, 0.15) is 13.6 Å². The summed E-state index contributed by atoms with van der Waals surface area (Å²) in [5.41, 5.74) is 2.96. The van der Waals surface area contributed by atoms with E-state index in [0.717, 1.165) is 23.3 Å². The Hall–Kier alpha value is -0.955.